The SMILES string of the molecule is CCOc1ccc(C2(CNc3nnnn3-c3ccc(C)cc3)CCOCC2)cc1. The Bertz CT molecular complexity index is 915. The summed E-state index contributed by atoms with van der Waals surface area (Å²) >= 11 is 0. The molecule has 0 aliphatic carbocycles. The van der Waals surface area contributed by atoms with Gasteiger partial charge in [-0.15, -0.1) is 0 Å². The Morgan fingerprint density at radius 1 is 1.07 bits per heavy atom. The minimum Gasteiger partial charge on any atom is -0.494 e. The minimum atomic E-state index is -0.0347. The molecular formula is C22H27N5O2. The van der Waals surface area contributed by atoms with Crippen LogP contribution in [0.1, 0.15) is 30.9 Å². The highest BCUT2D eigenvalue weighted by atomic mass is 16.5. The minimum absolute atomic E-state index is 0.0347. The van der Waals surface area contributed by atoms with Gasteiger partial charge in [-0.3, -0.25) is 0 Å². The standard InChI is InChI=1S/C22H27N5O2/c1-3-29-20-10-6-18(7-11-20)22(12-14-28-15-13-22)16-23-21-24-25-26-27(21)19-8-4-17(2)5-9-19/h4-11H,3,12-16H2,1-2H3,(H,23,24,26). The molecule has 0 amide bonds. The van der Waals surface area contributed by atoms with Crippen LogP contribution in [0.5, 0.6) is 5.75 Å². The number of nitrogens with zero attached hydrogens (tertiary/aromatic N) is 4. The van der Waals surface area contributed by atoms with Gasteiger partial charge >= 0.3 is 0 Å². The molecule has 0 unspecified atom stereocenters. The van der Waals surface area contributed by atoms with Crippen molar-refractivity contribution < 1.29 is 9.47 Å². The molecule has 0 bridgehead atoms. The molecule has 2 heterocycles. The van der Waals surface area contributed by atoms with E-state index in [9.17, 15) is 0 Å². The molecule has 7 heteroatoms. The van der Waals surface area contributed by atoms with E-state index in [1.54, 1.807) is 4.68 Å². The number of benzene rings is 2. The molecule has 1 aliphatic heterocycles. The molecule has 2 aromatic carbocycles. The molecule has 0 radical (unpaired) electrons. The van der Waals surface area contributed by atoms with E-state index in [0.717, 1.165) is 44.0 Å². The summed E-state index contributed by atoms with van der Waals surface area (Å²) in [6, 6.07) is 16.6. The van der Waals surface area contributed by atoms with Crippen LogP contribution in [0, 0.1) is 6.92 Å². The summed E-state index contributed by atoms with van der Waals surface area (Å²) < 4.78 is 13.0. The van der Waals surface area contributed by atoms with Gasteiger partial charge in [0.25, 0.3) is 0 Å². The first-order valence-electron chi connectivity index (χ1n) is 10.1. The van der Waals surface area contributed by atoms with E-state index in [2.05, 4.69) is 52.0 Å². The monoisotopic (exact) mass is 393 g/mol. The Hall–Kier alpha value is -2.93. The van der Waals surface area contributed by atoms with Gasteiger partial charge in [-0.25, -0.2) is 0 Å². The summed E-state index contributed by atoms with van der Waals surface area (Å²) in [5, 5.41) is 15.7. The Kier molecular flexibility index (Phi) is 5.76. The van der Waals surface area contributed by atoms with Crippen molar-refractivity contribution in [2.75, 3.05) is 31.7 Å². The quantitative estimate of drug-likeness (QED) is 0.662. The van der Waals surface area contributed by atoms with Crippen molar-refractivity contribution in [2.24, 2.45) is 0 Å². The second-order valence-electron chi connectivity index (χ2n) is 7.45. The van der Waals surface area contributed by atoms with Crippen molar-refractivity contribution in [3.05, 3.63) is 59.7 Å². The molecule has 0 saturated carbocycles. The third kappa shape index (κ3) is 4.24. The van der Waals surface area contributed by atoms with E-state index in [0.29, 0.717) is 12.6 Å². The molecule has 3 aromatic rings. The van der Waals surface area contributed by atoms with Crippen LogP contribution < -0.4 is 10.1 Å². The van der Waals surface area contributed by atoms with Crippen molar-refractivity contribution in [1.82, 2.24) is 20.2 Å². The van der Waals surface area contributed by atoms with Crippen LogP contribution in [-0.4, -0.2) is 46.6 Å². The molecule has 1 N–H and O–H groups in total. The molecule has 0 atom stereocenters. The van der Waals surface area contributed by atoms with Crippen LogP contribution in [-0.2, 0) is 10.2 Å². The van der Waals surface area contributed by atoms with Crippen LogP contribution in [0.2, 0.25) is 0 Å². The molecule has 29 heavy (non-hydrogen) atoms. The third-order valence-corrected chi connectivity index (χ3v) is 5.56. The zero-order valence-electron chi connectivity index (χ0n) is 17.0. The maximum atomic E-state index is 5.65. The lowest BCUT2D eigenvalue weighted by Crippen LogP contribution is -2.40. The fourth-order valence-corrected chi connectivity index (χ4v) is 3.81. The van der Waals surface area contributed by atoms with E-state index >= 15 is 0 Å². The number of hydrogen-bond acceptors (Lipinski definition) is 6. The average molecular weight is 393 g/mol. The third-order valence-electron chi connectivity index (χ3n) is 5.56. The first-order valence-corrected chi connectivity index (χ1v) is 10.1. The highest BCUT2D eigenvalue weighted by Crippen LogP contribution is 2.36. The summed E-state index contributed by atoms with van der Waals surface area (Å²) in [5.41, 5.74) is 3.39. The van der Waals surface area contributed by atoms with Gasteiger partial charge in [0.15, 0.2) is 0 Å². The molecule has 152 valence electrons. The summed E-state index contributed by atoms with van der Waals surface area (Å²) in [7, 11) is 0. The van der Waals surface area contributed by atoms with Gasteiger partial charge in [0, 0.05) is 25.2 Å². The lowest BCUT2D eigenvalue weighted by atomic mass is 9.74. The van der Waals surface area contributed by atoms with Crippen molar-refractivity contribution in [3.8, 4) is 11.4 Å². The summed E-state index contributed by atoms with van der Waals surface area (Å²) in [4.78, 5) is 0. The van der Waals surface area contributed by atoms with E-state index in [4.69, 9.17) is 9.47 Å². The van der Waals surface area contributed by atoms with Gasteiger partial charge in [-0.2, -0.15) is 4.68 Å². The van der Waals surface area contributed by atoms with Crippen LogP contribution in [0.4, 0.5) is 5.95 Å². The number of aromatic nitrogens is 4. The predicted octanol–water partition coefficient (Wildman–Crippen LogP) is 3.53. The second kappa shape index (κ2) is 8.61. The van der Waals surface area contributed by atoms with Crippen molar-refractivity contribution in [1.29, 1.82) is 0 Å². The number of hydrogen-bond donors (Lipinski definition) is 1. The smallest absolute Gasteiger partial charge is 0.247 e. The highest BCUT2D eigenvalue weighted by Gasteiger charge is 2.35. The summed E-state index contributed by atoms with van der Waals surface area (Å²) in [6.45, 7) is 6.96. The maximum absolute atomic E-state index is 5.65. The van der Waals surface area contributed by atoms with Crippen molar-refractivity contribution in [3.63, 3.8) is 0 Å². The summed E-state index contributed by atoms with van der Waals surface area (Å²) in [6.07, 6.45) is 1.89. The van der Waals surface area contributed by atoms with E-state index in [1.165, 1.54) is 11.1 Å². The Balaban J connectivity index is 1.55. The number of nitrogens with one attached hydrogen (secondary N) is 1. The Morgan fingerprint density at radius 2 is 1.79 bits per heavy atom. The Morgan fingerprint density at radius 3 is 2.48 bits per heavy atom. The van der Waals surface area contributed by atoms with Gasteiger partial charge < -0.3 is 14.8 Å². The molecule has 1 fully saturated rings. The van der Waals surface area contributed by atoms with Crippen LogP contribution in [0.15, 0.2) is 48.5 Å². The van der Waals surface area contributed by atoms with Crippen molar-refractivity contribution >= 4 is 5.95 Å². The number of ether oxygens (including phenoxy) is 2. The molecule has 1 aliphatic rings. The largest absolute Gasteiger partial charge is 0.494 e. The second-order valence-corrected chi connectivity index (χ2v) is 7.45. The molecule has 1 aromatic heterocycles. The number of rotatable bonds is 7. The molecule has 1 saturated heterocycles. The van der Waals surface area contributed by atoms with E-state index in [-0.39, 0.29) is 5.41 Å². The normalized spacial score (nSPS) is 15.8. The first-order chi connectivity index (χ1) is 14.2. The average Bonchev–Trinajstić information content (AvgIpc) is 3.23. The van der Waals surface area contributed by atoms with Crippen molar-refractivity contribution in [2.45, 2.75) is 32.1 Å². The molecule has 4 rings (SSSR count). The van der Waals surface area contributed by atoms with Crippen LogP contribution in [0.3, 0.4) is 0 Å². The predicted molar refractivity (Wildman–Crippen MR) is 112 cm³/mol. The number of tetrazole rings is 1. The lowest BCUT2D eigenvalue weighted by molar-refractivity contribution is 0.0543. The fourth-order valence-electron chi connectivity index (χ4n) is 3.81. The van der Waals surface area contributed by atoms with Gasteiger partial charge in [0.1, 0.15) is 5.75 Å². The summed E-state index contributed by atoms with van der Waals surface area (Å²) in [5.74, 6) is 1.54. The first kappa shape index (κ1) is 19.4. The van der Waals surface area contributed by atoms with Crippen LogP contribution >= 0.6 is 0 Å². The van der Waals surface area contributed by atoms with Crippen LogP contribution in [0.25, 0.3) is 5.69 Å². The zero-order chi connectivity index (χ0) is 20.1. The highest BCUT2D eigenvalue weighted by molar-refractivity contribution is 5.41. The van der Waals surface area contributed by atoms with Gasteiger partial charge in [0.05, 0.1) is 12.3 Å². The Labute approximate surface area is 171 Å². The van der Waals surface area contributed by atoms with Gasteiger partial charge in [0.2, 0.25) is 5.95 Å². The lowest BCUT2D eigenvalue weighted by Gasteiger charge is -2.38. The zero-order valence-corrected chi connectivity index (χ0v) is 17.0. The maximum Gasteiger partial charge on any atom is 0.247 e. The molecular weight excluding hydrogens is 366 g/mol. The number of aryl methyl sites for hydroxylation is 1. The molecule has 7 nitrogen and oxygen atoms in total. The number of anilines is 1. The van der Waals surface area contributed by atoms with Gasteiger partial charge in [-0.05, 0) is 66.9 Å². The van der Waals surface area contributed by atoms with Gasteiger partial charge in [-0.1, -0.05) is 34.9 Å². The van der Waals surface area contributed by atoms with E-state index < -0.39 is 0 Å². The van der Waals surface area contributed by atoms with E-state index in [1.807, 2.05) is 31.2 Å². The molecule has 0 spiro atoms. The topological polar surface area (TPSA) is 74.1 Å². The fraction of sp³-hybridized carbons (Fsp3) is 0.409.